The van der Waals surface area contributed by atoms with Crippen LogP contribution in [0.4, 0.5) is 17.1 Å². The average Bonchev–Trinajstić information content (AvgIpc) is 3.36. The van der Waals surface area contributed by atoms with Crippen LogP contribution in [0.25, 0.3) is 0 Å². The number of hydrogen-bond acceptors (Lipinski definition) is 7. The minimum absolute atomic E-state index is 0.00604. The van der Waals surface area contributed by atoms with Crippen molar-refractivity contribution in [3.05, 3.63) is 93.0 Å². The average molecular weight is 499 g/mol. The molecule has 10 nitrogen and oxygen atoms in total. The standard InChI is InChI=1S/C27H21N3O7/c1-15-9-10-21(16(2)11-15)28-14-17(12-23(28)31)27(34)37-19-6-3-5-18(13-19)29-25(32)20-7-4-8-22(30(35)36)24(20)26(29)33/h3-11,13,17H,12,14H2,1-2H3/t17-/m0/s1. The van der Waals surface area contributed by atoms with Gasteiger partial charge in [0.25, 0.3) is 17.5 Å². The molecule has 2 aliphatic rings. The number of ether oxygens (including phenoxy) is 1. The van der Waals surface area contributed by atoms with Crippen LogP contribution in [-0.2, 0) is 9.59 Å². The Balaban J connectivity index is 1.34. The largest absolute Gasteiger partial charge is 0.426 e. The number of aryl methyl sites for hydroxylation is 2. The van der Waals surface area contributed by atoms with Gasteiger partial charge in [-0.3, -0.25) is 29.3 Å². The van der Waals surface area contributed by atoms with Crippen molar-refractivity contribution in [1.29, 1.82) is 0 Å². The van der Waals surface area contributed by atoms with Crippen LogP contribution in [0.1, 0.15) is 38.3 Å². The van der Waals surface area contributed by atoms with Gasteiger partial charge < -0.3 is 9.64 Å². The fraction of sp³-hybridized carbons (Fsp3) is 0.185. The molecule has 0 N–H and O–H groups in total. The lowest BCUT2D eigenvalue weighted by Gasteiger charge is -2.19. The second-order valence-electron chi connectivity index (χ2n) is 9.02. The molecule has 0 bridgehead atoms. The Labute approximate surface area is 211 Å². The van der Waals surface area contributed by atoms with Crippen LogP contribution in [-0.4, -0.2) is 35.2 Å². The first-order chi connectivity index (χ1) is 17.7. The summed E-state index contributed by atoms with van der Waals surface area (Å²) in [5.74, 6) is -2.96. The Kier molecular flexibility index (Phi) is 5.79. The second kappa shape index (κ2) is 8.98. The Bertz CT molecular complexity index is 1510. The zero-order valence-corrected chi connectivity index (χ0v) is 20.0. The van der Waals surface area contributed by atoms with E-state index in [1.807, 2.05) is 32.0 Å². The number of carbonyl (C=O) groups excluding carboxylic acids is 4. The molecule has 1 saturated heterocycles. The van der Waals surface area contributed by atoms with Crippen molar-refractivity contribution in [2.24, 2.45) is 5.92 Å². The van der Waals surface area contributed by atoms with Crippen LogP contribution in [0.2, 0.25) is 0 Å². The van der Waals surface area contributed by atoms with Gasteiger partial charge >= 0.3 is 5.97 Å². The van der Waals surface area contributed by atoms with Gasteiger partial charge in [0.05, 0.1) is 22.1 Å². The second-order valence-corrected chi connectivity index (χ2v) is 9.02. The number of nitrogens with zero attached hydrogens (tertiary/aromatic N) is 3. The quantitative estimate of drug-likeness (QED) is 0.171. The SMILES string of the molecule is Cc1ccc(N2C[C@@H](C(=O)Oc3cccc(N4C(=O)c5cccc([N+](=O)[O-])c5C4=O)c3)CC2=O)c(C)c1. The monoisotopic (exact) mass is 499 g/mol. The molecule has 3 amide bonds. The minimum atomic E-state index is -0.832. The lowest BCUT2D eigenvalue weighted by atomic mass is 10.1. The summed E-state index contributed by atoms with van der Waals surface area (Å²) >= 11 is 0. The molecule has 3 aromatic carbocycles. The lowest BCUT2D eigenvalue weighted by molar-refractivity contribution is -0.385. The first-order valence-electron chi connectivity index (χ1n) is 11.5. The van der Waals surface area contributed by atoms with Gasteiger partial charge in [0.2, 0.25) is 5.91 Å². The summed E-state index contributed by atoms with van der Waals surface area (Å²) in [5.41, 5.74) is 2.03. The summed E-state index contributed by atoms with van der Waals surface area (Å²) in [4.78, 5) is 64.5. The van der Waals surface area contributed by atoms with Crippen molar-refractivity contribution < 1.29 is 28.8 Å². The Morgan fingerprint density at radius 2 is 1.76 bits per heavy atom. The number of carbonyl (C=O) groups is 4. The molecule has 10 heteroatoms. The highest BCUT2D eigenvalue weighted by molar-refractivity contribution is 6.35. The minimum Gasteiger partial charge on any atom is -0.426 e. The van der Waals surface area contributed by atoms with E-state index in [1.165, 1.54) is 36.4 Å². The topological polar surface area (TPSA) is 127 Å². The van der Waals surface area contributed by atoms with E-state index in [-0.39, 0.29) is 41.4 Å². The van der Waals surface area contributed by atoms with E-state index < -0.39 is 34.3 Å². The van der Waals surface area contributed by atoms with Gasteiger partial charge in [0, 0.05) is 30.8 Å². The van der Waals surface area contributed by atoms with Crippen LogP contribution >= 0.6 is 0 Å². The van der Waals surface area contributed by atoms with Gasteiger partial charge in [0.1, 0.15) is 11.3 Å². The molecule has 0 unspecified atom stereocenters. The molecular weight excluding hydrogens is 478 g/mol. The zero-order chi connectivity index (χ0) is 26.4. The Morgan fingerprint density at radius 3 is 2.49 bits per heavy atom. The van der Waals surface area contributed by atoms with E-state index in [4.69, 9.17) is 4.74 Å². The third kappa shape index (κ3) is 4.12. The maximum atomic E-state index is 13.0. The van der Waals surface area contributed by atoms with Crippen LogP contribution in [0, 0.1) is 29.9 Å². The molecule has 0 radical (unpaired) electrons. The van der Waals surface area contributed by atoms with E-state index in [1.54, 1.807) is 4.90 Å². The highest BCUT2D eigenvalue weighted by atomic mass is 16.6. The third-order valence-corrected chi connectivity index (χ3v) is 6.49. The number of rotatable bonds is 5. The van der Waals surface area contributed by atoms with Gasteiger partial charge in [-0.05, 0) is 43.7 Å². The van der Waals surface area contributed by atoms with Crippen molar-refractivity contribution in [3.8, 4) is 5.75 Å². The number of anilines is 2. The summed E-state index contributed by atoms with van der Waals surface area (Å²) in [7, 11) is 0. The molecule has 3 aromatic rings. The first kappa shape index (κ1) is 23.9. The number of amides is 3. The highest BCUT2D eigenvalue weighted by Gasteiger charge is 2.42. The summed E-state index contributed by atoms with van der Waals surface area (Å²) < 4.78 is 5.51. The van der Waals surface area contributed by atoms with Crippen molar-refractivity contribution in [2.45, 2.75) is 20.3 Å². The molecule has 2 heterocycles. The first-order valence-corrected chi connectivity index (χ1v) is 11.5. The number of fused-ring (bicyclic) bond motifs is 1. The molecule has 0 aromatic heterocycles. The normalized spacial score (nSPS) is 16.8. The molecule has 2 aliphatic heterocycles. The zero-order valence-electron chi connectivity index (χ0n) is 20.0. The van der Waals surface area contributed by atoms with Gasteiger partial charge in [0.15, 0.2) is 0 Å². The summed E-state index contributed by atoms with van der Waals surface area (Å²) in [5, 5.41) is 11.4. The van der Waals surface area contributed by atoms with Crippen molar-refractivity contribution in [3.63, 3.8) is 0 Å². The maximum absolute atomic E-state index is 13.0. The number of nitro benzene ring substituents is 1. The van der Waals surface area contributed by atoms with E-state index >= 15 is 0 Å². The van der Waals surface area contributed by atoms with Crippen LogP contribution < -0.4 is 14.5 Å². The number of benzene rings is 3. The van der Waals surface area contributed by atoms with Crippen molar-refractivity contribution in [2.75, 3.05) is 16.3 Å². The summed E-state index contributed by atoms with van der Waals surface area (Å²) in [6.45, 7) is 4.03. The van der Waals surface area contributed by atoms with Crippen LogP contribution in [0.15, 0.2) is 60.7 Å². The molecule has 1 fully saturated rings. The van der Waals surface area contributed by atoms with Crippen molar-refractivity contribution in [1.82, 2.24) is 0 Å². The maximum Gasteiger partial charge on any atom is 0.316 e. The third-order valence-electron chi connectivity index (χ3n) is 6.49. The molecule has 186 valence electrons. The molecule has 5 rings (SSSR count). The summed E-state index contributed by atoms with van der Waals surface area (Å²) in [6.07, 6.45) is -0.00604. The Hall–Kier alpha value is -4.86. The van der Waals surface area contributed by atoms with Gasteiger partial charge in [-0.25, -0.2) is 4.90 Å². The van der Waals surface area contributed by atoms with E-state index in [0.29, 0.717) is 0 Å². The lowest BCUT2D eigenvalue weighted by Crippen LogP contribution is -2.29. The fourth-order valence-corrected chi connectivity index (χ4v) is 4.75. The number of nitro groups is 1. The fourth-order valence-electron chi connectivity index (χ4n) is 4.75. The number of hydrogen-bond donors (Lipinski definition) is 0. The predicted octanol–water partition coefficient (Wildman–Crippen LogP) is 3.97. The van der Waals surface area contributed by atoms with E-state index in [2.05, 4.69) is 0 Å². The summed E-state index contributed by atoms with van der Waals surface area (Å²) in [6, 6.07) is 15.4. The van der Waals surface area contributed by atoms with Crippen LogP contribution in [0.5, 0.6) is 5.75 Å². The Morgan fingerprint density at radius 1 is 1.00 bits per heavy atom. The highest BCUT2D eigenvalue weighted by Crippen LogP contribution is 2.35. The molecule has 37 heavy (non-hydrogen) atoms. The van der Waals surface area contributed by atoms with Gasteiger partial charge in [-0.1, -0.05) is 29.8 Å². The molecule has 0 aliphatic carbocycles. The smallest absolute Gasteiger partial charge is 0.316 e. The predicted molar refractivity (Wildman–Crippen MR) is 133 cm³/mol. The molecule has 1 atom stereocenters. The molecule has 0 saturated carbocycles. The number of esters is 1. The molecule has 0 spiro atoms. The van der Waals surface area contributed by atoms with Crippen LogP contribution in [0.3, 0.4) is 0 Å². The van der Waals surface area contributed by atoms with E-state index in [0.717, 1.165) is 27.8 Å². The molecular formula is C27H21N3O7. The van der Waals surface area contributed by atoms with Gasteiger partial charge in [-0.2, -0.15) is 0 Å². The van der Waals surface area contributed by atoms with E-state index in [9.17, 15) is 29.3 Å². The van der Waals surface area contributed by atoms with Gasteiger partial charge in [-0.15, -0.1) is 0 Å². The van der Waals surface area contributed by atoms with Crippen molar-refractivity contribution >= 4 is 40.8 Å². The number of imide groups is 1.